The Kier molecular flexibility index (Phi) is 5.54. The molecule has 3 heteroatoms. The largest absolute Gasteiger partial charge is 0.381 e. The van der Waals surface area contributed by atoms with E-state index in [1.54, 1.807) is 0 Å². The Labute approximate surface area is 150 Å². The summed E-state index contributed by atoms with van der Waals surface area (Å²) in [7, 11) is 0. The number of nitrogens with one attached hydrogen (secondary N) is 1. The number of amides is 1. The van der Waals surface area contributed by atoms with Gasteiger partial charge in [-0.2, -0.15) is 0 Å². The smallest absolute Gasteiger partial charge is 0.251 e. The second-order valence-electron chi connectivity index (χ2n) is 7.11. The van der Waals surface area contributed by atoms with Gasteiger partial charge in [0.25, 0.3) is 5.91 Å². The van der Waals surface area contributed by atoms with Gasteiger partial charge < -0.3 is 10.1 Å². The van der Waals surface area contributed by atoms with Crippen LogP contribution in [0.3, 0.4) is 0 Å². The monoisotopic (exact) mass is 337 g/mol. The number of benzene rings is 2. The third-order valence-corrected chi connectivity index (χ3v) is 5.27. The highest BCUT2D eigenvalue weighted by atomic mass is 16.5. The molecule has 0 saturated carbocycles. The summed E-state index contributed by atoms with van der Waals surface area (Å²) in [6.45, 7) is 6.24. The van der Waals surface area contributed by atoms with Crippen molar-refractivity contribution in [2.75, 3.05) is 19.8 Å². The Bertz CT molecular complexity index is 716. The van der Waals surface area contributed by atoms with E-state index in [-0.39, 0.29) is 11.3 Å². The minimum Gasteiger partial charge on any atom is -0.381 e. The van der Waals surface area contributed by atoms with Crippen LogP contribution >= 0.6 is 0 Å². The molecule has 1 atom stereocenters. The number of aryl methyl sites for hydroxylation is 2. The van der Waals surface area contributed by atoms with Gasteiger partial charge >= 0.3 is 0 Å². The van der Waals surface area contributed by atoms with Gasteiger partial charge in [-0.3, -0.25) is 4.79 Å². The zero-order valence-corrected chi connectivity index (χ0v) is 15.2. The van der Waals surface area contributed by atoms with Crippen LogP contribution in [-0.2, 0) is 10.2 Å². The summed E-state index contributed by atoms with van der Waals surface area (Å²) in [5.74, 6) is 0.0120. The van der Waals surface area contributed by atoms with Crippen LogP contribution in [-0.4, -0.2) is 25.7 Å². The lowest BCUT2D eigenvalue weighted by Gasteiger charge is -2.33. The van der Waals surface area contributed by atoms with Crippen LogP contribution in [0.4, 0.5) is 0 Å². The van der Waals surface area contributed by atoms with Crippen LogP contribution in [0.5, 0.6) is 0 Å². The van der Waals surface area contributed by atoms with E-state index in [0.29, 0.717) is 6.54 Å². The number of hydrogen-bond donors (Lipinski definition) is 1. The summed E-state index contributed by atoms with van der Waals surface area (Å²) < 4.78 is 5.68. The van der Waals surface area contributed by atoms with Crippen molar-refractivity contribution in [3.8, 4) is 0 Å². The molecule has 25 heavy (non-hydrogen) atoms. The van der Waals surface area contributed by atoms with Crippen molar-refractivity contribution in [3.05, 3.63) is 70.8 Å². The van der Waals surface area contributed by atoms with Crippen LogP contribution in [0, 0.1) is 13.8 Å². The molecule has 1 aliphatic heterocycles. The highest BCUT2D eigenvalue weighted by Gasteiger charge is 2.33. The average molecular weight is 337 g/mol. The molecule has 132 valence electrons. The lowest BCUT2D eigenvalue weighted by molar-refractivity contribution is 0.0936. The number of carbonyl (C=O) groups is 1. The summed E-state index contributed by atoms with van der Waals surface area (Å²) in [6, 6.07) is 16.5. The fourth-order valence-electron chi connectivity index (χ4n) is 3.78. The van der Waals surface area contributed by atoms with Gasteiger partial charge in [-0.1, -0.05) is 48.0 Å². The second-order valence-corrected chi connectivity index (χ2v) is 7.11. The van der Waals surface area contributed by atoms with E-state index in [9.17, 15) is 4.79 Å². The zero-order valence-electron chi connectivity index (χ0n) is 15.2. The molecule has 2 aromatic rings. The first kappa shape index (κ1) is 17.7. The van der Waals surface area contributed by atoms with Crippen molar-refractivity contribution >= 4 is 5.91 Å². The van der Waals surface area contributed by atoms with Gasteiger partial charge in [0.2, 0.25) is 0 Å². The number of ether oxygens (including phenoxy) is 1. The summed E-state index contributed by atoms with van der Waals surface area (Å²) in [6.07, 6.45) is 2.99. The number of rotatable bonds is 4. The van der Waals surface area contributed by atoms with Gasteiger partial charge in [-0.25, -0.2) is 0 Å². The molecule has 1 aliphatic rings. The summed E-state index contributed by atoms with van der Waals surface area (Å²) >= 11 is 0. The van der Waals surface area contributed by atoms with E-state index >= 15 is 0 Å². The Hall–Kier alpha value is -2.13. The Morgan fingerprint density at radius 3 is 2.64 bits per heavy atom. The molecule has 1 saturated heterocycles. The molecule has 0 spiro atoms. The SMILES string of the molecule is Cc1ccc(C(=O)NC[C@@]2(c3ccccc3)CCCOCC2)c(C)c1. The first-order chi connectivity index (χ1) is 12.1. The topological polar surface area (TPSA) is 38.3 Å². The van der Waals surface area contributed by atoms with Crippen molar-refractivity contribution in [3.63, 3.8) is 0 Å². The lowest BCUT2D eigenvalue weighted by Crippen LogP contribution is -2.41. The molecular weight excluding hydrogens is 310 g/mol. The van der Waals surface area contributed by atoms with E-state index in [2.05, 4.69) is 35.6 Å². The molecule has 0 radical (unpaired) electrons. The van der Waals surface area contributed by atoms with Crippen molar-refractivity contribution in [1.29, 1.82) is 0 Å². The maximum Gasteiger partial charge on any atom is 0.251 e. The Morgan fingerprint density at radius 1 is 1.08 bits per heavy atom. The molecule has 2 aromatic carbocycles. The molecule has 0 aliphatic carbocycles. The summed E-state index contributed by atoms with van der Waals surface area (Å²) in [5.41, 5.74) is 4.21. The highest BCUT2D eigenvalue weighted by molar-refractivity contribution is 5.95. The quantitative estimate of drug-likeness (QED) is 0.909. The first-order valence-electron chi connectivity index (χ1n) is 9.09. The maximum atomic E-state index is 12.7. The van der Waals surface area contributed by atoms with Gasteiger partial charge in [-0.15, -0.1) is 0 Å². The van der Waals surface area contributed by atoms with Crippen molar-refractivity contribution in [2.24, 2.45) is 0 Å². The van der Waals surface area contributed by atoms with Crippen molar-refractivity contribution < 1.29 is 9.53 Å². The number of carbonyl (C=O) groups excluding carboxylic acids is 1. The van der Waals surface area contributed by atoms with Crippen molar-refractivity contribution in [1.82, 2.24) is 5.32 Å². The molecule has 1 amide bonds. The number of hydrogen-bond acceptors (Lipinski definition) is 2. The van der Waals surface area contributed by atoms with Gasteiger partial charge in [0.1, 0.15) is 0 Å². The zero-order chi connectivity index (χ0) is 17.7. The maximum absolute atomic E-state index is 12.7. The Morgan fingerprint density at radius 2 is 1.88 bits per heavy atom. The third-order valence-electron chi connectivity index (χ3n) is 5.27. The molecule has 0 aromatic heterocycles. The van der Waals surface area contributed by atoms with Gasteiger partial charge in [0.05, 0.1) is 0 Å². The van der Waals surface area contributed by atoms with Gasteiger partial charge in [-0.05, 0) is 50.3 Å². The molecule has 1 N–H and O–H groups in total. The molecular formula is C22H27NO2. The highest BCUT2D eigenvalue weighted by Crippen LogP contribution is 2.34. The minimum absolute atomic E-state index is 0.0120. The summed E-state index contributed by atoms with van der Waals surface area (Å²) in [4.78, 5) is 12.7. The average Bonchev–Trinajstić information content (AvgIpc) is 2.87. The molecule has 1 heterocycles. The van der Waals surface area contributed by atoms with E-state index in [4.69, 9.17) is 4.74 Å². The van der Waals surface area contributed by atoms with Crippen LogP contribution < -0.4 is 5.32 Å². The van der Waals surface area contributed by atoms with E-state index in [1.807, 2.05) is 32.0 Å². The standard InChI is InChI=1S/C22H27NO2/c1-17-9-10-20(18(2)15-17)21(24)23-16-22(11-6-13-25-14-12-22)19-7-4-3-5-8-19/h3-5,7-10,15H,6,11-14,16H2,1-2H3,(H,23,24)/t22-/m1/s1. The van der Waals surface area contributed by atoms with Crippen LogP contribution in [0.1, 0.15) is 46.3 Å². The predicted octanol–water partition coefficient (Wildman–Crippen LogP) is 4.17. The van der Waals surface area contributed by atoms with Crippen LogP contribution in [0.2, 0.25) is 0 Å². The third kappa shape index (κ3) is 4.10. The molecule has 3 nitrogen and oxygen atoms in total. The van der Waals surface area contributed by atoms with Crippen LogP contribution in [0.15, 0.2) is 48.5 Å². The van der Waals surface area contributed by atoms with Gasteiger partial charge in [0.15, 0.2) is 0 Å². The summed E-state index contributed by atoms with van der Waals surface area (Å²) in [5, 5.41) is 3.20. The fraction of sp³-hybridized carbons (Fsp3) is 0.409. The van der Waals surface area contributed by atoms with E-state index in [1.165, 1.54) is 11.1 Å². The van der Waals surface area contributed by atoms with Gasteiger partial charge in [0, 0.05) is 30.7 Å². The first-order valence-corrected chi connectivity index (χ1v) is 9.09. The predicted molar refractivity (Wildman–Crippen MR) is 101 cm³/mol. The molecule has 0 bridgehead atoms. The van der Waals surface area contributed by atoms with E-state index < -0.39 is 0 Å². The van der Waals surface area contributed by atoms with Crippen molar-refractivity contribution in [2.45, 2.75) is 38.5 Å². The minimum atomic E-state index is -0.0496. The lowest BCUT2D eigenvalue weighted by atomic mass is 9.74. The van der Waals surface area contributed by atoms with Crippen LogP contribution in [0.25, 0.3) is 0 Å². The molecule has 0 unspecified atom stereocenters. The Balaban J connectivity index is 1.80. The normalized spacial score (nSPS) is 20.7. The second kappa shape index (κ2) is 7.83. The molecule has 1 fully saturated rings. The van der Waals surface area contributed by atoms with E-state index in [0.717, 1.165) is 43.6 Å². The molecule has 3 rings (SSSR count). The fourth-order valence-corrected chi connectivity index (χ4v) is 3.78.